The second-order valence-corrected chi connectivity index (χ2v) is 4.20. The minimum atomic E-state index is 0.707. The summed E-state index contributed by atoms with van der Waals surface area (Å²) in [5.41, 5.74) is 1.95. The van der Waals surface area contributed by atoms with E-state index >= 15 is 0 Å². The number of aromatic nitrogens is 4. The minimum Gasteiger partial charge on any atom is -0.372 e. The summed E-state index contributed by atoms with van der Waals surface area (Å²) in [6.07, 6.45) is 3.36. The van der Waals surface area contributed by atoms with Crippen molar-refractivity contribution in [2.75, 3.05) is 12.4 Å². The van der Waals surface area contributed by atoms with Gasteiger partial charge >= 0.3 is 0 Å². The molecule has 0 saturated carbocycles. The van der Waals surface area contributed by atoms with Crippen molar-refractivity contribution in [2.24, 2.45) is 0 Å². The van der Waals surface area contributed by atoms with Crippen LogP contribution in [0.3, 0.4) is 0 Å². The van der Waals surface area contributed by atoms with Crippen LogP contribution in [0, 0.1) is 13.8 Å². The quantitative estimate of drug-likeness (QED) is 0.916. The van der Waals surface area contributed by atoms with Gasteiger partial charge in [0, 0.05) is 7.05 Å². The molecule has 2 heterocycles. The van der Waals surface area contributed by atoms with Gasteiger partial charge in [0.05, 0.1) is 28.3 Å². The van der Waals surface area contributed by atoms with E-state index in [-0.39, 0.29) is 0 Å². The number of hydrogen-bond donors (Lipinski definition) is 1. The zero-order valence-electron chi connectivity index (χ0n) is 9.32. The van der Waals surface area contributed by atoms with Gasteiger partial charge in [0.15, 0.2) is 5.82 Å². The first kappa shape index (κ1) is 11.1. The fourth-order valence-corrected chi connectivity index (χ4v) is 1.67. The number of rotatable bonds is 2. The van der Waals surface area contributed by atoms with Gasteiger partial charge < -0.3 is 5.32 Å². The molecule has 2 aromatic heterocycles. The molecule has 0 radical (unpaired) electrons. The van der Waals surface area contributed by atoms with Crippen LogP contribution in [0.2, 0.25) is 0 Å². The third kappa shape index (κ3) is 1.80. The highest BCUT2D eigenvalue weighted by atomic mass is 79.9. The fourth-order valence-electron chi connectivity index (χ4n) is 1.42. The van der Waals surface area contributed by atoms with Crippen molar-refractivity contribution in [3.8, 4) is 5.82 Å². The summed E-state index contributed by atoms with van der Waals surface area (Å²) in [7, 11) is 1.81. The number of aryl methyl sites for hydroxylation is 1. The summed E-state index contributed by atoms with van der Waals surface area (Å²) in [4.78, 5) is 8.49. The summed E-state index contributed by atoms with van der Waals surface area (Å²) >= 11 is 3.49. The van der Waals surface area contributed by atoms with Crippen LogP contribution < -0.4 is 5.32 Å². The van der Waals surface area contributed by atoms with Crippen molar-refractivity contribution in [3.63, 3.8) is 0 Å². The molecule has 16 heavy (non-hydrogen) atoms. The van der Waals surface area contributed by atoms with E-state index in [9.17, 15) is 0 Å². The van der Waals surface area contributed by atoms with Crippen LogP contribution in [-0.4, -0.2) is 26.8 Å². The predicted molar refractivity (Wildman–Crippen MR) is 65.9 cm³/mol. The second kappa shape index (κ2) is 4.21. The molecule has 0 fully saturated rings. The highest BCUT2D eigenvalue weighted by Gasteiger charge is 2.11. The van der Waals surface area contributed by atoms with Crippen molar-refractivity contribution in [1.82, 2.24) is 19.7 Å². The number of halogens is 1. The van der Waals surface area contributed by atoms with Crippen LogP contribution in [0.1, 0.15) is 11.4 Å². The maximum Gasteiger partial charge on any atom is 0.174 e. The molecule has 0 aliphatic heterocycles. The van der Waals surface area contributed by atoms with Gasteiger partial charge in [0.25, 0.3) is 0 Å². The summed E-state index contributed by atoms with van der Waals surface area (Å²) in [5.74, 6) is 1.43. The van der Waals surface area contributed by atoms with Crippen LogP contribution in [0.15, 0.2) is 16.9 Å². The number of anilines is 1. The zero-order chi connectivity index (χ0) is 11.7. The van der Waals surface area contributed by atoms with E-state index in [1.165, 1.54) is 0 Å². The molecule has 2 aromatic rings. The summed E-state index contributed by atoms with van der Waals surface area (Å²) in [5, 5.41) is 7.35. The maximum atomic E-state index is 4.39. The monoisotopic (exact) mass is 281 g/mol. The summed E-state index contributed by atoms with van der Waals surface area (Å²) in [6, 6.07) is 0. The van der Waals surface area contributed by atoms with Gasteiger partial charge in [-0.15, -0.1) is 0 Å². The van der Waals surface area contributed by atoms with Crippen LogP contribution in [0.25, 0.3) is 5.82 Å². The molecular weight excluding hydrogens is 270 g/mol. The molecule has 0 atom stereocenters. The van der Waals surface area contributed by atoms with Gasteiger partial charge in [-0.05, 0) is 29.8 Å². The largest absolute Gasteiger partial charge is 0.372 e. The number of hydrogen-bond acceptors (Lipinski definition) is 4. The highest BCUT2D eigenvalue weighted by molar-refractivity contribution is 9.10. The number of nitrogens with zero attached hydrogens (tertiary/aromatic N) is 4. The SMILES string of the molecule is CNc1cncc(-n2nc(C)c(Br)c2C)n1. The van der Waals surface area contributed by atoms with E-state index in [4.69, 9.17) is 0 Å². The van der Waals surface area contributed by atoms with Crippen LogP contribution in [0.4, 0.5) is 5.82 Å². The first-order chi connectivity index (χ1) is 7.63. The Labute approximate surface area is 102 Å². The molecule has 0 saturated heterocycles. The Bertz CT molecular complexity index is 520. The van der Waals surface area contributed by atoms with E-state index in [0.29, 0.717) is 5.82 Å². The van der Waals surface area contributed by atoms with Gasteiger partial charge in [-0.25, -0.2) is 9.67 Å². The molecule has 1 N–H and O–H groups in total. The van der Waals surface area contributed by atoms with E-state index in [2.05, 4.69) is 36.3 Å². The molecule has 0 aromatic carbocycles. The molecule has 0 aliphatic rings. The Balaban J connectivity index is 2.54. The Morgan fingerprint density at radius 3 is 2.62 bits per heavy atom. The van der Waals surface area contributed by atoms with E-state index in [0.717, 1.165) is 21.7 Å². The summed E-state index contributed by atoms with van der Waals surface area (Å²) in [6.45, 7) is 3.93. The average molecular weight is 282 g/mol. The van der Waals surface area contributed by atoms with Crippen LogP contribution in [0.5, 0.6) is 0 Å². The van der Waals surface area contributed by atoms with Crippen molar-refractivity contribution in [2.45, 2.75) is 13.8 Å². The van der Waals surface area contributed by atoms with E-state index < -0.39 is 0 Å². The summed E-state index contributed by atoms with van der Waals surface area (Å²) < 4.78 is 2.77. The smallest absolute Gasteiger partial charge is 0.174 e. The van der Waals surface area contributed by atoms with Gasteiger partial charge in [-0.1, -0.05) is 0 Å². The Morgan fingerprint density at radius 2 is 2.06 bits per heavy atom. The molecular formula is C10H12BrN5. The van der Waals surface area contributed by atoms with E-state index in [1.54, 1.807) is 17.1 Å². The average Bonchev–Trinajstić information content (AvgIpc) is 2.57. The Morgan fingerprint density at radius 1 is 1.31 bits per heavy atom. The van der Waals surface area contributed by atoms with Gasteiger partial charge in [-0.2, -0.15) is 5.10 Å². The Kier molecular flexibility index (Phi) is 2.91. The lowest BCUT2D eigenvalue weighted by Gasteiger charge is -2.04. The van der Waals surface area contributed by atoms with Crippen LogP contribution >= 0.6 is 15.9 Å². The molecule has 0 spiro atoms. The van der Waals surface area contributed by atoms with Gasteiger partial charge in [-0.3, -0.25) is 4.98 Å². The van der Waals surface area contributed by atoms with Crippen molar-refractivity contribution < 1.29 is 0 Å². The van der Waals surface area contributed by atoms with Crippen molar-refractivity contribution >= 4 is 21.7 Å². The van der Waals surface area contributed by atoms with Crippen LogP contribution in [-0.2, 0) is 0 Å². The molecule has 84 valence electrons. The van der Waals surface area contributed by atoms with Crippen molar-refractivity contribution in [1.29, 1.82) is 0 Å². The Hall–Kier alpha value is -1.43. The molecule has 2 rings (SSSR count). The lowest BCUT2D eigenvalue weighted by atomic mass is 10.4. The highest BCUT2D eigenvalue weighted by Crippen LogP contribution is 2.22. The molecule has 0 aliphatic carbocycles. The normalized spacial score (nSPS) is 10.5. The molecule has 5 nitrogen and oxygen atoms in total. The minimum absolute atomic E-state index is 0.707. The lowest BCUT2D eigenvalue weighted by Crippen LogP contribution is -2.04. The topological polar surface area (TPSA) is 55.6 Å². The maximum absolute atomic E-state index is 4.39. The standard InChI is InChI=1S/C10H12BrN5/c1-6-10(11)7(2)16(15-6)9-5-13-4-8(12-3)14-9/h4-5H,1-3H3,(H,12,14). The molecule has 6 heteroatoms. The fraction of sp³-hybridized carbons (Fsp3) is 0.300. The third-order valence-electron chi connectivity index (χ3n) is 2.30. The molecule has 0 unspecified atom stereocenters. The number of nitrogens with one attached hydrogen (secondary N) is 1. The second-order valence-electron chi connectivity index (χ2n) is 3.41. The van der Waals surface area contributed by atoms with E-state index in [1.807, 2.05) is 20.9 Å². The third-order valence-corrected chi connectivity index (χ3v) is 3.45. The van der Waals surface area contributed by atoms with Gasteiger partial charge in [0.1, 0.15) is 5.82 Å². The lowest BCUT2D eigenvalue weighted by molar-refractivity contribution is 0.800. The molecule has 0 bridgehead atoms. The molecule has 0 amide bonds. The first-order valence-electron chi connectivity index (χ1n) is 4.85. The van der Waals surface area contributed by atoms with Crippen molar-refractivity contribution in [3.05, 3.63) is 28.3 Å². The predicted octanol–water partition coefficient (Wildman–Crippen LogP) is 2.08. The first-order valence-corrected chi connectivity index (χ1v) is 5.64. The van der Waals surface area contributed by atoms with Gasteiger partial charge in [0.2, 0.25) is 0 Å². The zero-order valence-corrected chi connectivity index (χ0v) is 10.9.